The Labute approximate surface area is 89.8 Å². The minimum absolute atomic E-state index is 0.888. The van der Waals surface area contributed by atoms with Crippen LogP contribution in [-0.4, -0.2) is 7.11 Å². The normalized spacial score (nSPS) is 9.93. The van der Waals surface area contributed by atoms with Gasteiger partial charge in [0.25, 0.3) is 0 Å². The van der Waals surface area contributed by atoms with E-state index < -0.39 is 0 Å². The monoisotopic (exact) mass is 200 g/mol. The van der Waals surface area contributed by atoms with Gasteiger partial charge in [0, 0.05) is 17.7 Å². The molecule has 0 spiro atoms. The van der Waals surface area contributed by atoms with Gasteiger partial charge in [-0.25, -0.2) is 4.57 Å². The average molecular weight is 200 g/mol. The number of methoxy groups -OCH3 is 1. The van der Waals surface area contributed by atoms with Crippen LogP contribution in [0.4, 0.5) is 0 Å². The highest BCUT2D eigenvalue weighted by Crippen LogP contribution is 2.04. The summed E-state index contributed by atoms with van der Waals surface area (Å²) < 4.78 is 7.23. The lowest BCUT2D eigenvalue weighted by Gasteiger charge is -1.99. The Morgan fingerprint density at radius 3 is 2.27 bits per heavy atom. The van der Waals surface area contributed by atoms with Crippen LogP contribution in [0, 0.1) is 0 Å². The lowest BCUT2D eigenvalue weighted by Crippen LogP contribution is -2.32. The molecule has 0 unspecified atom stereocenters. The quantitative estimate of drug-likeness (QED) is 0.691. The number of benzene rings is 1. The molecule has 0 N–H and O–H groups in total. The second-order valence-electron chi connectivity index (χ2n) is 3.40. The molecule has 0 aliphatic carbocycles. The first-order chi connectivity index (χ1) is 7.38. The first-order valence-electron chi connectivity index (χ1n) is 4.95. The molecule has 2 heteroatoms. The maximum atomic E-state index is 5.11. The van der Waals surface area contributed by atoms with Crippen molar-refractivity contribution in [2.75, 3.05) is 7.11 Å². The summed E-state index contributed by atoms with van der Waals surface area (Å²) in [6.45, 7) is 0.894. The molecule has 15 heavy (non-hydrogen) atoms. The van der Waals surface area contributed by atoms with Gasteiger partial charge >= 0.3 is 0 Å². The number of aromatic nitrogens is 1. The number of hydrogen-bond acceptors (Lipinski definition) is 1. The molecular weight excluding hydrogens is 186 g/mol. The maximum Gasteiger partial charge on any atom is 0.173 e. The molecule has 76 valence electrons. The molecule has 0 amide bonds. The van der Waals surface area contributed by atoms with Gasteiger partial charge in [0.15, 0.2) is 18.9 Å². The molecule has 1 heterocycles. The van der Waals surface area contributed by atoms with E-state index in [9.17, 15) is 0 Å². The van der Waals surface area contributed by atoms with Crippen LogP contribution in [0.3, 0.4) is 0 Å². The fraction of sp³-hybridized carbons (Fsp3) is 0.154. The minimum atomic E-state index is 0.888. The molecule has 0 bridgehead atoms. The van der Waals surface area contributed by atoms with Crippen molar-refractivity contribution in [3.8, 4) is 5.75 Å². The zero-order chi connectivity index (χ0) is 10.5. The highest BCUT2D eigenvalue weighted by molar-refractivity contribution is 5.15. The van der Waals surface area contributed by atoms with Crippen LogP contribution in [0.25, 0.3) is 0 Å². The maximum absolute atomic E-state index is 5.11. The Bertz CT molecular complexity index is 408. The van der Waals surface area contributed by atoms with Crippen LogP contribution in [-0.2, 0) is 6.54 Å². The van der Waals surface area contributed by atoms with E-state index in [1.54, 1.807) is 7.11 Å². The van der Waals surface area contributed by atoms with Gasteiger partial charge in [0.1, 0.15) is 5.75 Å². The smallest absolute Gasteiger partial charge is 0.173 e. The largest absolute Gasteiger partial charge is 0.496 e. The number of rotatable bonds is 3. The Morgan fingerprint density at radius 1 is 1.00 bits per heavy atom. The van der Waals surface area contributed by atoms with Crippen molar-refractivity contribution < 1.29 is 9.30 Å². The Balaban J connectivity index is 2.11. The summed E-state index contributed by atoms with van der Waals surface area (Å²) in [7, 11) is 1.68. The summed E-state index contributed by atoms with van der Waals surface area (Å²) in [5.74, 6) is 0.888. The summed E-state index contributed by atoms with van der Waals surface area (Å²) in [5.41, 5.74) is 1.30. The van der Waals surface area contributed by atoms with E-state index in [0.29, 0.717) is 0 Å². The lowest BCUT2D eigenvalue weighted by atomic mass is 10.2. The molecule has 2 aromatic rings. The van der Waals surface area contributed by atoms with E-state index in [4.69, 9.17) is 4.74 Å². The zero-order valence-corrected chi connectivity index (χ0v) is 8.76. The lowest BCUT2D eigenvalue weighted by molar-refractivity contribution is -0.688. The van der Waals surface area contributed by atoms with E-state index in [1.165, 1.54) is 5.56 Å². The van der Waals surface area contributed by atoms with Gasteiger partial charge in [0.2, 0.25) is 0 Å². The van der Waals surface area contributed by atoms with Crippen molar-refractivity contribution in [1.29, 1.82) is 0 Å². The summed E-state index contributed by atoms with van der Waals surface area (Å²) in [5, 5.41) is 0. The van der Waals surface area contributed by atoms with E-state index in [1.807, 2.05) is 30.6 Å². The van der Waals surface area contributed by atoms with Crippen molar-refractivity contribution in [2.45, 2.75) is 6.54 Å². The highest BCUT2D eigenvalue weighted by atomic mass is 16.5. The molecule has 0 saturated heterocycles. The van der Waals surface area contributed by atoms with Crippen LogP contribution in [0.5, 0.6) is 5.75 Å². The number of pyridine rings is 1. The second-order valence-corrected chi connectivity index (χ2v) is 3.40. The third kappa shape index (κ3) is 2.56. The third-order valence-electron chi connectivity index (χ3n) is 2.30. The summed E-state index contributed by atoms with van der Waals surface area (Å²) in [6, 6.07) is 14.3. The molecular formula is C13H14NO+. The van der Waals surface area contributed by atoms with Gasteiger partial charge < -0.3 is 4.74 Å². The van der Waals surface area contributed by atoms with E-state index in [2.05, 4.69) is 28.8 Å². The zero-order valence-electron chi connectivity index (χ0n) is 8.76. The van der Waals surface area contributed by atoms with Crippen LogP contribution in [0.1, 0.15) is 5.56 Å². The van der Waals surface area contributed by atoms with Gasteiger partial charge in [-0.05, 0) is 0 Å². The van der Waals surface area contributed by atoms with Crippen LogP contribution >= 0.6 is 0 Å². The van der Waals surface area contributed by atoms with Gasteiger partial charge in [0.05, 0.1) is 7.11 Å². The molecule has 0 aliphatic rings. The van der Waals surface area contributed by atoms with Crippen LogP contribution in [0.2, 0.25) is 0 Å². The predicted molar refractivity (Wildman–Crippen MR) is 58.7 cm³/mol. The Kier molecular flexibility index (Phi) is 2.98. The molecule has 2 nitrogen and oxygen atoms in total. The van der Waals surface area contributed by atoms with Crippen molar-refractivity contribution in [1.82, 2.24) is 0 Å². The summed E-state index contributed by atoms with van der Waals surface area (Å²) >= 11 is 0. The van der Waals surface area contributed by atoms with E-state index in [0.717, 1.165) is 12.3 Å². The van der Waals surface area contributed by atoms with Crippen LogP contribution < -0.4 is 9.30 Å². The van der Waals surface area contributed by atoms with Crippen molar-refractivity contribution in [3.05, 3.63) is 60.4 Å². The fourth-order valence-electron chi connectivity index (χ4n) is 1.48. The average Bonchev–Trinajstić information content (AvgIpc) is 2.31. The van der Waals surface area contributed by atoms with Gasteiger partial charge in [-0.2, -0.15) is 0 Å². The topological polar surface area (TPSA) is 13.1 Å². The number of hydrogen-bond donors (Lipinski definition) is 0. The minimum Gasteiger partial charge on any atom is -0.496 e. The molecule has 2 rings (SSSR count). The molecule has 0 aliphatic heterocycles. The summed E-state index contributed by atoms with van der Waals surface area (Å²) in [4.78, 5) is 0. The van der Waals surface area contributed by atoms with E-state index in [-0.39, 0.29) is 0 Å². The SMILES string of the molecule is COc1cc[n+](Cc2ccccc2)cc1. The third-order valence-corrected chi connectivity index (χ3v) is 2.30. The second kappa shape index (κ2) is 4.60. The molecule has 0 radical (unpaired) electrons. The fourth-order valence-corrected chi connectivity index (χ4v) is 1.48. The molecule has 0 saturated carbocycles. The predicted octanol–water partition coefficient (Wildman–Crippen LogP) is 2.03. The summed E-state index contributed by atoms with van der Waals surface area (Å²) in [6.07, 6.45) is 4.04. The Hall–Kier alpha value is -1.83. The van der Waals surface area contributed by atoms with Crippen molar-refractivity contribution in [3.63, 3.8) is 0 Å². The standard InChI is InChI=1S/C13H14NO/c1-15-13-7-9-14(10-8-13)11-12-5-3-2-4-6-12/h2-10H,11H2,1H3/q+1. The molecule has 0 atom stereocenters. The first kappa shape index (κ1) is 9.71. The van der Waals surface area contributed by atoms with Gasteiger partial charge in [-0.1, -0.05) is 30.3 Å². The highest BCUT2D eigenvalue weighted by Gasteiger charge is 2.01. The Morgan fingerprint density at radius 2 is 1.67 bits per heavy atom. The number of ether oxygens (including phenoxy) is 1. The molecule has 1 aromatic heterocycles. The van der Waals surface area contributed by atoms with Gasteiger partial charge in [-0.3, -0.25) is 0 Å². The number of nitrogens with zero attached hydrogens (tertiary/aromatic N) is 1. The van der Waals surface area contributed by atoms with Crippen molar-refractivity contribution >= 4 is 0 Å². The first-order valence-corrected chi connectivity index (χ1v) is 4.95. The van der Waals surface area contributed by atoms with Gasteiger partial charge in [-0.15, -0.1) is 0 Å². The van der Waals surface area contributed by atoms with Crippen LogP contribution in [0.15, 0.2) is 54.9 Å². The molecule has 1 aromatic carbocycles. The molecule has 0 fully saturated rings. The van der Waals surface area contributed by atoms with Crippen molar-refractivity contribution in [2.24, 2.45) is 0 Å². The van der Waals surface area contributed by atoms with E-state index >= 15 is 0 Å².